The molecule has 2 heterocycles. The molecule has 2 rings (SSSR count). The molecule has 0 saturated carbocycles. The number of carbonyl (C=O) groups is 1. The van der Waals surface area contributed by atoms with Crippen LogP contribution in [0.4, 0.5) is 4.79 Å². The third-order valence-corrected chi connectivity index (χ3v) is 5.44. The Labute approximate surface area is 111 Å². The van der Waals surface area contributed by atoms with Crippen molar-refractivity contribution in [2.45, 2.75) is 27.7 Å². The van der Waals surface area contributed by atoms with Crippen molar-refractivity contribution in [3.05, 3.63) is 10.6 Å². The normalized spacial score (nSPS) is 23.4. The van der Waals surface area contributed by atoms with E-state index >= 15 is 0 Å². The van der Waals surface area contributed by atoms with Crippen LogP contribution < -0.4 is 0 Å². The number of thioether (sulfide) groups is 1. The van der Waals surface area contributed by atoms with Gasteiger partial charge in [0.25, 0.3) is 0 Å². The van der Waals surface area contributed by atoms with Crippen molar-refractivity contribution in [2.24, 2.45) is 10.4 Å². The predicted octanol–water partition coefficient (Wildman–Crippen LogP) is 1.98. The minimum Gasteiger partial charge on any atom is -0.245 e. The molecule has 0 bridgehead atoms. The number of carbonyl (C=O) groups excluding carboxylic acids is 1. The number of amidine groups is 1. The first-order valence-corrected chi connectivity index (χ1v) is 7.59. The minimum absolute atomic E-state index is 0.223. The number of hydrogen-bond donors (Lipinski definition) is 0. The lowest BCUT2D eigenvalue weighted by Crippen LogP contribution is -2.49. The number of allylic oxidation sites excluding steroid dienone is 2. The summed E-state index contributed by atoms with van der Waals surface area (Å²) in [5, 5.41) is 0.223. The maximum Gasteiger partial charge on any atom is 0.360 e. The molecule has 0 aromatic rings. The Morgan fingerprint density at radius 1 is 1.28 bits per heavy atom. The Bertz CT molecular complexity index is 584. The zero-order chi connectivity index (χ0) is 13.9. The second kappa shape index (κ2) is 3.74. The van der Waals surface area contributed by atoms with E-state index in [9.17, 15) is 13.2 Å². The zero-order valence-corrected chi connectivity index (χ0v) is 12.5. The van der Waals surface area contributed by atoms with E-state index in [0.717, 1.165) is 4.91 Å². The number of rotatable bonds is 0. The molecule has 0 atom stereocenters. The molecule has 0 aliphatic carbocycles. The Morgan fingerprint density at radius 2 is 1.83 bits per heavy atom. The van der Waals surface area contributed by atoms with Crippen LogP contribution in [0.25, 0.3) is 0 Å². The molecule has 0 fully saturated rings. The lowest BCUT2D eigenvalue weighted by molar-refractivity contribution is 0.234. The molecule has 2 aliphatic rings. The fourth-order valence-corrected chi connectivity index (χ4v) is 4.83. The van der Waals surface area contributed by atoms with E-state index in [-0.39, 0.29) is 10.6 Å². The quantitative estimate of drug-likeness (QED) is 0.683. The SMILES string of the molecule is CC1=C(C(C)(C)C)N2C(=NC(=O)N(C)S2(=O)=O)S1. The first kappa shape index (κ1) is 13.4. The predicted molar refractivity (Wildman–Crippen MR) is 71.1 cm³/mol. The Kier molecular flexibility index (Phi) is 2.78. The van der Waals surface area contributed by atoms with Crippen molar-refractivity contribution >= 4 is 33.2 Å². The standard InChI is InChI=1S/C10H15N3O3S2/c1-6-7(10(2,3)4)13-9(17-6)11-8(14)12(5)18(13,15)16/h1-5H3. The van der Waals surface area contributed by atoms with Gasteiger partial charge in [-0.3, -0.25) is 0 Å². The van der Waals surface area contributed by atoms with Gasteiger partial charge in [-0.1, -0.05) is 32.5 Å². The number of aliphatic imine (C=N–C) groups is 1. The van der Waals surface area contributed by atoms with Crippen molar-refractivity contribution in [1.82, 2.24) is 8.61 Å². The summed E-state index contributed by atoms with van der Waals surface area (Å²) in [7, 11) is -2.63. The molecule has 6 nitrogen and oxygen atoms in total. The van der Waals surface area contributed by atoms with Crippen LogP contribution in [-0.4, -0.2) is 35.3 Å². The topological polar surface area (TPSA) is 70.1 Å². The van der Waals surface area contributed by atoms with Crippen molar-refractivity contribution in [1.29, 1.82) is 0 Å². The second-order valence-corrected chi connectivity index (χ2v) is 8.16. The number of hydrogen-bond acceptors (Lipinski definition) is 4. The van der Waals surface area contributed by atoms with E-state index < -0.39 is 16.2 Å². The van der Waals surface area contributed by atoms with Crippen LogP contribution in [0.2, 0.25) is 0 Å². The Balaban J connectivity index is 2.67. The highest BCUT2D eigenvalue weighted by molar-refractivity contribution is 8.18. The fraction of sp³-hybridized carbons (Fsp3) is 0.600. The average molecular weight is 289 g/mol. The second-order valence-electron chi connectivity index (χ2n) is 5.17. The van der Waals surface area contributed by atoms with Crippen molar-refractivity contribution in [2.75, 3.05) is 7.05 Å². The molecule has 18 heavy (non-hydrogen) atoms. The van der Waals surface area contributed by atoms with Gasteiger partial charge in [-0.2, -0.15) is 13.4 Å². The van der Waals surface area contributed by atoms with E-state index in [4.69, 9.17) is 0 Å². The summed E-state index contributed by atoms with van der Waals surface area (Å²) in [6, 6.07) is -0.753. The molecule has 0 radical (unpaired) electrons. The molecule has 0 aromatic carbocycles. The maximum absolute atomic E-state index is 12.3. The number of urea groups is 1. The van der Waals surface area contributed by atoms with E-state index in [1.807, 2.05) is 27.7 Å². The summed E-state index contributed by atoms with van der Waals surface area (Å²) in [5.41, 5.74) is 0.327. The number of nitrogens with zero attached hydrogens (tertiary/aromatic N) is 3. The van der Waals surface area contributed by atoms with Crippen LogP contribution in [0.5, 0.6) is 0 Å². The number of fused-ring (bicyclic) bond motifs is 1. The fourth-order valence-electron chi connectivity index (χ4n) is 1.95. The summed E-state index contributed by atoms with van der Waals surface area (Å²) in [4.78, 5) is 16.2. The number of amides is 2. The highest BCUT2D eigenvalue weighted by Crippen LogP contribution is 2.46. The Morgan fingerprint density at radius 3 is 2.33 bits per heavy atom. The highest BCUT2D eigenvalue weighted by atomic mass is 32.2. The van der Waals surface area contributed by atoms with Crippen LogP contribution >= 0.6 is 11.8 Å². The summed E-state index contributed by atoms with van der Waals surface area (Å²) in [5.74, 6) is 0. The van der Waals surface area contributed by atoms with Gasteiger partial charge in [0.15, 0.2) is 5.17 Å². The van der Waals surface area contributed by atoms with Gasteiger partial charge < -0.3 is 0 Å². The van der Waals surface area contributed by atoms with Gasteiger partial charge in [0.1, 0.15) is 0 Å². The zero-order valence-electron chi connectivity index (χ0n) is 10.9. The molecule has 100 valence electrons. The summed E-state index contributed by atoms with van der Waals surface area (Å²) >= 11 is 1.22. The maximum atomic E-state index is 12.3. The smallest absolute Gasteiger partial charge is 0.245 e. The van der Waals surface area contributed by atoms with Crippen LogP contribution in [0.1, 0.15) is 27.7 Å². The molecule has 0 unspecified atom stereocenters. The van der Waals surface area contributed by atoms with Gasteiger partial charge in [0.2, 0.25) is 0 Å². The molecule has 2 amide bonds. The van der Waals surface area contributed by atoms with Crippen LogP contribution in [0.15, 0.2) is 15.6 Å². The molecule has 2 aliphatic heterocycles. The molecule has 0 saturated heterocycles. The van der Waals surface area contributed by atoms with Crippen molar-refractivity contribution in [3.63, 3.8) is 0 Å². The molecule has 0 spiro atoms. The third kappa shape index (κ3) is 1.74. The van der Waals surface area contributed by atoms with Gasteiger partial charge in [0, 0.05) is 17.4 Å². The van der Waals surface area contributed by atoms with Gasteiger partial charge in [-0.15, -0.1) is 0 Å². The van der Waals surface area contributed by atoms with E-state index in [0.29, 0.717) is 10.0 Å². The average Bonchev–Trinajstić information content (AvgIpc) is 2.52. The Hall–Kier alpha value is -1.02. The molecular formula is C10H15N3O3S2. The van der Waals surface area contributed by atoms with E-state index in [1.54, 1.807) is 0 Å². The monoisotopic (exact) mass is 289 g/mol. The third-order valence-electron chi connectivity index (χ3n) is 2.70. The summed E-state index contributed by atoms with van der Waals surface area (Å²) < 4.78 is 26.5. The van der Waals surface area contributed by atoms with Crippen LogP contribution in [-0.2, 0) is 10.2 Å². The van der Waals surface area contributed by atoms with Gasteiger partial charge in [-0.05, 0) is 6.92 Å². The molecule has 8 heteroatoms. The molecular weight excluding hydrogens is 274 g/mol. The van der Waals surface area contributed by atoms with Crippen molar-refractivity contribution in [3.8, 4) is 0 Å². The van der Waals surface area contributed by atoms with Gasteiger partial charge in [-0.25, -0.2) is 13.4 Å². The minimum atomic E-state index is -3.85. The van der Waals surface area contributed by atoms with E-state index in [2.05, 4.69) is 4.99 Å². The van der Waals surface area contributed by atoms with Gasteiger partial charge in [0.05, 0.1) is 5.70 Å². The lowest BCUT2D eigenvalue weighted by Gasteiger charge is -2.34. The largest absolute Gasteiger partial charge is 0.360 e. The molecule has 0 aromatic heterocycles. The van der Waals surface area contributed by atoms with Crippen LogP contribution in [0, 0.1) is 5.41 Å². The first-order chi connectivity index (χ1) is 8.06. The first-order valence-electron chi connectivity index (χ1n) is 5.38. The van der Waals surface area contributed by atoms with E-state index in [1.165, 1.54) is 23.1 Å². The van der Waals surface area contributed by atoms with Gasteiger partial charge >= 0.3 is 16.2 Å². The van der Waals surface area contributed by atoms with Crippen LogP contribution in [0.3, 0.4) is 0 Å². The summed E-state index contributed by atoms with van der Waals surface area (Å²) in [6.45, 7) is 7.63. The lowest BCUT2D eigenvalue weighted by atomic mass is 9.92. The summed E-state index contributed by atoms with van der Waals surface area (Å²) in [6.07, 6.45) is 0. The highest BCUT2D eigenvalue weighted by Gasteiger charge is 2.47. The van der Waals surface area contributed by atoms with Crippen molar-refractivity contribution < 1.29 is 13.2 Å². The molecule has 0 N–H and O–H groups in total.